The van der Waals surface area contributed by atoms with Crippen LogP contribution in [0.5, 0.6) is 5.75 Å². The van der Waals surface area contributed by atoms with Crippen molar-refractivity contribution in [3.8, 4) is 5.75 Å². The van der Waals surface area contributed by atoms with E-state index in [0.29, 0.717) is 38.0 Å². The van der Waals surface area contributed by atoms with Crippen molar-refractivity contribution in [3.63, 3.8) is 0 Å². The third-order valence-corrected chi connectivity index (χ3v) is 6.63. The van der Waals surface area contributed by atoms with Crippen LogP contribution >= 0.6 is 0 Å². The van der Waals surface area contributed by atoms with E-state index in [0.717, 1.165) is 46.5 Å². The number of nitrogens with one attached hydrogen (secondary N) is 1. The van der Waals surface area contributed by atoms with Crippen molar-refractivity contribution in [2.24, 2.45) is 10.4 Å². The third-order valence-electron chi connectivity index (χ3n) is 6.63. The molecule has 1 saturated carbocycles. The van der Waals surface area contributed by atoms with Crippen molar-refractivity contribution in [2.45, 2.75) is 66.4 Å². The van der Waals surface area contributed by atoms with Gasteiger partial charge in [-0.1, -0.05) is 51.1 Å². The third kappa shape index (κ3) is 5.84. The molecule has 5 heteroatoms. The average Bonchev–Trinajstić information content (AvgIpc) is 3.12. The lowest BCUT2D eigenvalue weighted by Gasteiger charge is -2.31. The Kier molecular flexibility index (Phi) is 7.44. The number of aromatic nitrogens is 1. The zero-order valence-electron chi connectivity index (χ0n) is 21.3. The highest BCUT2D eigenvalue weighted by Crippen LogP contribution is 2.36. The van der Waals surface area contributed by atoms with Crippen LogP contribution in [-0.4, -0.2) is 28.1 Å². The summed E-state index contributed by atoms with van der Waals surface area (Å²) in [6.45, 7) is 9.36. The lowest BCUT2D eigenvalue weighted by molar-refractivity contribution is -0.117. The molecule has 2 N–H and O–H groups in total. The summed E-state index contributed by atoms with van der Waals surface area (Å²) < 4.78 is 6.05. The molecule has 1 aliphatic carbocycles. The van der Waals surface area contributed by atoms with Gasteiger partial charge in [-0.15, -0.1) is 0 Å². The maximum absolute atomic E-state index is 12.8. The lowest BCUT2D eigenvalue weighted by Crippen LogP contribution is -2.33. The van der Waals surface area contributed by atoms with Gasteiger partial charge in [0.15, 0.2) is 5.78 Å². The molecule has 1 aliphatic rings. The maximum atomic E-state index is 12.8. The van der Waals surface area contributed by atoms with Crippen molar-refractivity contribution in [1.29, 1.82) is 0 Å². The molecule has 0 bridgehead atoms. The molecule has 0 radical (unpaired) electrons. The molecule has 0 atom stereocenters. The smallest absolute Gasteiger partial charge is 0.168 e. The second-order valence-electron chi connectivity index (χ2n) is 10.3. The highest BCUT2D eigenvalue weighted by molar-refractivity contribution is 6.24. The molecule has 3 aromatic rings. The molecule has 1 aromatic heterocycles. The molecule has 0 amide bonds. The number of aromatic amines is 1. The summed E-state index contributed by atoms with van der Waals surface area (Å²) in [5, 5.41) is 11.7. The monoisotopic (exact) mass is 472 g/mol. The fourth-order valence-electron chi connectivity index (χ4n) is 4.93. The standard InChI is InChI=1S/C30H36N2O3/c1-5-9-27(33)29-26(17-30(3,4)18-28(29)34)31-15-14-23-20(2)32-25-13-12-22(16-24(23)25)35-19-21-10-7-6-8-11-21/h6-8,10-13,16,32-33H,5,9,14-15,17-19H2,1-4H3. The van der Waals surface area contributed by atoms with Gasteiger partial charge in [-0.05, 0) is 60.9 Å². The maximum Gasteiger partial charge on any atom is 0.168 e. The Morgan fingerprint density at radius 1 is 1.14 bits per heavy atom. The summed E-state index contributed by atoms with van der Waals surface area (Å²) in [5.74, 6) is 1.03. The van der Waals surface area contributed by atoms with Gasteiger partial charge in [-0.2, -0.15) is 0 Å². The van der Waals surface area contributed by atoms with Gasteiger partial charge >= 0.3 is 0 Å². The van der Waals surface area contributed by atoms with Crippen LogP contribution < -0.4 is 4.74 Å². The molecule has 1 heterocycles. The fourth-order valence-corrected chi connectivity index (χ4v) is 4.93. The number of aliphatic hydroxyl groups is 1. The Morgan fingerprint density at radius 2 is 1.91 bits per heavy atom. The molecule has 2 aromatic carbocycles. The first kappa shape index (κ1) is 24.8. The van der Waals surface area contributed by atoms with Gasteiger partial charge in [0, 0.05) is 41.7 Å². The number of H-pyrrole nitrogens is 1. The molecule has 0 unspecified atom stereocenters. The van der Waals surface area contributed by atoms with Crippen LogP contribution in [0.15, 0.2) is 64.9 Å². The predicted molar refractivity (Wildman–Crippen MR) is 142 cm³/mol. The number of hydrogen-bond acceptors (Lipinski definition) is 4. The number of hydrogen-bond donors (Lipinski definition) is 2. The first-order chi connectivity index (χ1) is 16.8. The van der Waals surface area contributed by atoms with Crippen LogP contribution in [0.25, 0.3) is 10.9 Å². The SMILES string of the molecule is CCCC(O)=C1C(=O)CC(C)(C)CC1=NCCc1c(C)[nH]c2ccc(OCc3ccccc3)cc12. The predicted octanol–water partition coefficient (Wildman–Crippen LogP) is 7.04. The Balaban J connectivity index is 1.55. The minimum atomic E-state index is -0.145. The second-order valence-corrected chi connectivity index (χ2v) is 10.3. The summed E-state index contributed by atoms with van der Waals surface area (Å²) in [6, 6.07) is 16.3. The van der Waals surface area contributed by atoms with E-state index in [4.69, 9.17) is 9.73 Å². The molecule has 0 spiro atoms. The van der Waals surface area contributed by atoms with Crippen LogP contribution in [0.1, 0.15) is 63.3 Å². The zero-order chi connectivity index (χ0) is 25.0. The van der Waals surface area contributed by atoms with E-state index < -0.39 is 0 Å². The van der Waals surface area contributed by atoms with Crippen molar-refractivity contribution in [1.82, 2.24) is 4.98 Å². The van der Waals surface area contributed by atoms with E-state index in [9.17, 15) is 9.90 Å². The van der Waals surface area contributed by atoms with Gasteiger partial charge in [0.1, 0.15) is 18.1 Å². The molecule has 4 rings (SSSR count). The van der Waals surface area contributed by atoms with E-state index in [1.54, 1.807) is 0 Å². The highest BCUT2D eigenvalue weighted by atomic mass is 16.5. The van der Waals surface area contributed by atoms with Gasteiger partial charge < -0.3 is 14.8 Å². The number of benzene rings is 2. The number of rotatable bonds is 8. The summed E-state index contributed by atoms with van der Waals surface area (Å²) in [4.78, 5) is 21.2. The quantitative estimate of drug-likeness (QED) is 0.273. The number of fused-ring (bicyclic) bond motifs is 1. The van der Waals surface area contributed by atoms with Gasteiger partial charge in [-0.25, -0.2) is 0 Å². The van der Waals surface area contributed by atoms with Crippen LogP contribution in [0.4, 0.5) is 0 Å². The number of carbonyl (C=O) groups is 1. The van der Waals surface area contributed by atoms with Crippen LogP contribution in [-0.2, 0) is 17.8 Å². The number of allylic oxidation sites excluding steroid dienone is 2. The molecule has 184 valence electrons. The Morgan fingerprint density at radius 3 is 2.66 bits per heavy atom. The number of aliphatic imine (C=N–C) groups is 1. The van der Waals surface area contributed by atoms with Gasteiger partial charge in [0.2, 0.25) is 0 Å². The second kappa shape index (κ2) is 10.5. The van der Waals surface area contributed by atoms with Crippen LogP contribution in [0.3, 0.4) is 0 Å². The number of Topliss-reactive ketones (excluding diaryl/α,β-unsaturated/α-hetero) is 1. The van der Waals surface area contributed by atoms with Crippen LogP contribution in [0.2, 0.25) is 0 Å². The topological polar surface area (TPSA) is 74.7 Å². The van der Waals surface area contributed by atoms with Gasteiger partial charge in [0.25, 0.3) is 0 Å². The van der Waals surface area contributed by atoms with E-state index >= 15 is 0 Å². The average molecular weight is 473 g/mol. The fraction of sp³-hybridized carbons (Fsp3) is 0.400. The lowest BCUT2D eigenvalue weighted by atomic mass is 9.73. The van der Waals surface area contributed by atoms with E-state index in [1.165, 1.54) is 5.56 Å². The Bertz CT molecular complexity index is 1270. The molecule has 0 aliphatic heterocycles. The molecule has 5 nitrogen and oxygen atoms in total. The molecule has 0 saturated heterocycles. The van der Waals surface area contributed by atoms with Gasteiger partial charge in [-0.3, -0.25) is 9.79 Å². The first-order valence-electron chi connectivity index (χ1n) is 12.5. The minimum Gasteiger partial charge on any atom is -0.511 e. The number of carbonyl (C=O) groups excluding carboxylic acids is 1. The summed E-state index contributed by atoms with van der Waals surface area (Å²) >= 11 is 0. The number of aliphatic hydroxyl groups excluding tert-OH is 1. The van der Waals surface area contributed by atoms with Crippen molar-refractivity contribution in [3.05, 3.63) is 76.7 Å². The zero-order valence-corrected chi connectivity index (χ0v) is 21.3. The summed E-state index contributed by atoms with van der Waals surface area (Å²) in [6.07, 6.45) is 3.19. The highest BCUT2D eigenvalue weighted by Gasteiger charge is 2.35. The van der Waals surface area contributed by atoms with Crippen LogP contribution in [0, 0.1) is 12.3 Å². The van der Waals surface area contributed by atoms with E-state index in [-0.39, 0.29) is 17.0 Å². The number of ether oxygens (including phenoxy) is 1. The summed E-state index contributed by atoms with van der Waals surface area (Å²) in [7, 11) is 0. The number of aryl methyl sites for hydroxylation is 1. The number of ketones is 1. The molecular weight excluding hydrogens is 436 g/mol. The normalized spacial score (nSPS) is 18.3. The molecular formula is C30H36N2O3. The van der Waals surface area contributed by atoms with E-state index in [2.05, 4.69) is 50.0 Å². The van der Waals surface area contributed by atoms with E-state index in [1.807, 2.05) is 31.2 Å². The van der Waals surface area contributed by atoms with Crippen molar-refractivity contribution in [2.75, 3.05) is 6.54 Å². The Labute approximate surface area is 207 Å². The molecule has 1 fully saturated rings. The number of nitrogens with zero attached hydrogens (tertiary/aromatic N) is 1. The Hall–Kier alpha value is -3.34. The van der Waals surface area contributed by atoms with Crippen molar-refractivity contribution >= 4 is 22.4 Å². The minimum absolute atomic E-state index is 0.00873. The van der Waals surface area contributed by atoms with Crippen molar-refractivity contribution < 1.29 is 14.6 Å². The first-order valence-corrected chi connectivity index (χ1v) is 12.5. The molecule has 35 heavy (non-hydrogen) atoms. The largest absolute Gasteiger partial charge is 0.511 e. The van der Waals surface area contributed by atoms with Gasteiger partial charge in [0.05, 0.1) is 5.57 Å². The summed E-state index contributed by atoms with van der Waals surface area (Å²) in [5.41, 5.74) is 5.60.